The van der Waals surface area contributed by atoms with Gasteiger partial charge >= 0.3 is 0 Å². The van der Waals surface area contributed by atoms with E-state index in [1.807, 2.05) is 18.7 Å². The number of H-pyrrole nitrogens is 1. The van der Waals surface area contributed by atoms with E-state index in [2.05, 4.69) is 31.2 Å². The van der Waals surface area contributed by atoms with E-state index in [0.717, 1.165) is 15.5 Å². The zero-order valence-electron chi connectivity index (χ0n) is 14.1. The van der Waals surface area contributed by atoms with Crippen molar-refractivity contribution in [3.8, 4) is 0 Å². The van der Waals surface area contributed by atoms with E-state index in [1.165, 1.54) is 0 Å². The normalized spacial score (nSPS) is 20.6. The number of carbonyl (C=O) groups is 1. The van der Waals surface area contributed by atoms with Crippen LogP contribution in [0.2, 0.25) is 0 Å². The van der Waals surface area contributed by atoms with Crippen molar-refractivity contribution in [3.63, 3.8) is 0 Å². The van der Waals surface area contributed by atoms with Gasteiger partial charge in [-0.3, -0.25) is 4.79 Å². The summed E-state index contributed by atoms with van der Waals surface area (Å²) in [5.41, 5.74) is 8.13. The van der Waals surface area contributed by atoms with Crippen LogP contribution in [0.1, 0.15) is 20.3 Å². The van der Waals surface area contributed by atoms with Crippen LogP contribution >= 0.6 is 28.3 Å². The number of amides is 1. The van der Waals surface area contributed by atoms with Crippen molar-refractivity contribution in [2.75, 3.05) is 23.3 Å². The number of rotatable bonds is 3. The van der Waals surface area contributed by atoms with Gasteiger partial charge in [0.25, 0.3) is 0 Å². The highest BCUT2D eigenvalue weighted by atomic mass is 79.9. The van der Waals surface area contributed by atoms with Crippen LogP contribution in [0.4, 0.5) is 15.8 Å². The van der Waals surface area contributed by atoms with Gasteiger partial charge < -0.3 is 20.9 Å². The maximum atomic E-state index is 13.7. The van der Waals surface area contributed by atoms with E-state index in [4.69, 9.17) is 5.73 Å². The Labute approximate surface area is 160 Å². The minimum absolute atomic E-state index is 0. The molecule has 9 heteroatoms. The van der Waals surface area contributed by atoms with Gasteiger partial charge in [0.05, 0.1) is 27.3 Å². The molecule has 0 unspecified atom stereocenters. The molecular formula is C16H22BrClFN5O. The highest BCUT2D eigenvalue weighted by molar-refractivity contribution is 9.10. The van der Waals surface area contributed by atoms with Gasteiger partial charge in [-0.15, -0.1) is 12.4 Å². The third-order valence-electron chi connectivity index (χ3n) is 4.30. The number of hydrogen-bond donors (Lipinski definition) is 3. The third kappa shape index (κ3) is 3.91. The molecule has 0 radical (unpaired) electrons. The van der Waals surface area contributed by atoms with Crippen molar-refractivity contribution in [1.82, 2.24) is 9.97 Å². The molecule has 1 aliphatic rings. The lowest BCUT2D eigenvalue weighted by atomic mass is 10.0. The van der Waals surface area contributed by atoms with Crippen LogP contribution in [-0.4, -0.2) is 41.2 Å². The van der Waals surface area contributed by atoms with E-state index in [-0.39, 0.29) is 24.2 Å². The van der Waals surface area contributed by atoms with Gasteiger partial charge in [0, 0.05) is 31.4 Å². The molecule has 25 heavy (non-hydrogen) atoms. The number of nitrogens with two attached hydrogens (primary N) is 1. The first kappa shape index (κ1) is 19.9. The molecule has 0 spiro atoms. The maximum Gasteiger partial charge on any atom is 0.226 e. The minimum atomic E-state index is -0.983. The van der Waals surface area contributed by atoms with E-state index in [9.17, 15) is 9.18 Å². The molecule has 4 N–H and O–H groups in total. The van der Waals surface area contributed by atoms with Crippen molar-refractivity contribution in [3.05, 3.63) is 16.9 Å². The van der Waals surface area contributed by atoms with Crippen molar-refractivity contribution in [2.24, 2.45) is 11.7 Å². The maximum absolute atomic E-state index is 13.7. The van der Waals surface area contributed by atoms with Crippen LogP contribution < -0.4 is 16.0 Å². The Bertz CT molecular complexity index is 768. The Morgan fingerprint density at radius 3 is 2.92 bits per heavy atom. The Hall–Kier alpha value is -1.38. The first-order chi connectivity index (χ1) is 11.4. The zero-order chi connectivity index (χ0) is 17.4. The van der Waals surface area contributed by atoms with Crippen LogP contribution in [0.25, 0.3) is 11.0 Å². The number of alkyl halides is 1. The Kier molecular flexibility index (Phi) is 6.29. The van der Waals surface area contributed by atoms with Crippen molar-refractivity contribution < 1.29 is 9.18 Å². The molecule has 2 aromatic heterocycles. The second-order valence-corrected chi connectivity index (χ2v) is 7.29. The number of aromatic amines is 1. The molecule has 0 bridgehead atoms. The predicted molar refractivity (Wildman–Crippen MR) is 104 cm³/mol. The van der Waals surface area contributed by atoms with Crippen molar-refractivity contribution >= 4 is 56.7 Å². The number of nitrogens with zero attached hydrogens (tertiary/aromatic N) is 2. The lowest BCUT2D eigenvalue weighted by molar-refractivity contribution is -0.118. The summed E-state index contributed by atoms with van der Waals surface area (Å²) in [6.07, 6.45) is 2.84. The van der Waals surface area contributed by atoms with Crippen molar-refractivity contribution in [2.45, 2.75) is 32.5 Å². The monoisotopic (exact) mass is 433 g/mol. The summed E-state index contributed by atoms with van der Waals surface area (Å²) in [5.74, 6) is -0.199. The van der Waals surface area contributed by atoms with E-state index in [0.29, 0.717) is 30.8 Å². The highest BCUT2D eigenvalue weighted by Gasteiger charge is 2.29. The number of hydrogen-bond acceptors (Lipinski definition) is 4. The number of aromatic nitrogens is 2. The van der Waals surface area contributed by atoms with Crippen LogP contribution in [0.3, 0.4) is 0 Å². The van der Waals surface area contributed by atoms with Gasteiger partial charge in [0.15, 0.2) is 0 Å². The average molecular weight is 435 g/mol. The van der Waals surface area contributed by atoms with Gasteiger partial charge in [-0.25, -0.2) is 9.37 Å². The molecule has 0 saturated carbocycles. The van der Waals surface area contributed by atoms with Gasteiger partial charge in [-0.1, -0.05) is 13.8 Å². The number of anilines is 2. The van der Waals surface area contributed by atoms with E-state index < -0.39 is 12.2 Å². The van der Waals surface area contributed by atoms with Gasteiger partial charge in [-0.2, -0.15) is 0 Å². The van der Waals surface area contributed by atoms with E-state index >= 15 is 0 Å². The summed E-state index contributed by atoms with van der Waals surface area (Å²) in [5, 5.41) is 3.74. The number of fused-ring (bicyclic) bond motifs is 1. The molecule has 1 saturated heterocycles. The van der Waals surface area contributed by atoms with Crippen LogP contribution in [0, 0.1) is 5.92 Å². The molecule has 6 nitrogen and oxygen atoms in total. The summed E-state index contributed by atoms with van der Waals surface area (Å²) in [6.45, 7) is 4.66. The standard InChI is InChI=1S/C16H21BrFN5O.ClH/c1-8(2)16(24)22-12-6-21-15-13(12)14(9(17)5-20-15)23-4-3-10(18)11(19)7-23;/h5-6,8,10-11H,3-4,7,19H2,1-2H3,(H,20,21)(H,22,24);1H/t10-,11-;/m0./s1. The van der Waals surface area contributed by atoms with Gasteiger partial charge in [0.2, 0.25) is 5.91 Å². The molecule has 3 heterocycles. The second-order valence-electron chi connectivity index (χ2n) is 6.44. The molecule has 3 rings (SSSR count). The largest absolute Gasteiger partial charge is 0.368 e. The Morgan fingerprint density at radius 2 is 2.28 bits per heavy atom. The summed E-state index contributed by atoms with van der Waals surface area (Å²) in [4.78, 5) is 21.6. The summed E-state index contributed by atoms with van der Waals surface area (Å²) >= 11 is 3.54. The first-order valence-corrected chi connectivity index (χ1v) is 8.78. The summed E-state index contributed by atoms with van der Waals surface area (Å²) < 4.78 is 14.5. The first-order valence-electron chi connectivity index (χ1n) is 7.99. The predicted octanol–water partition coefficient (Wildman–Crippen LogP) is 3.22. The van der Waals surface area contributed by atoms with Crippen LogP contribution in [-0.2, 0) is 4.79 Å². The average Bonchev–Trinajstić information content (AvgIpc) is 2.93. The lowest BCUT2D eigenvalue weighted by Crippen LogP contribution is -2.50. The molecule has 1 fully saturated rings. The molecule has 2 aromatic rings. The fourth-order valence-electron chi connectivity index (χ4n) is 2.90. The molecule has 1 aliphatic heterocycles. The van der Waals surface area contributed by atoms with Crippen molar-refractivity contribution in [1.29, 1.82) is 0 Å². The summed E-state index contributed by atoms with van der Waals surface area (Å²) in [7, 11) is 0. The van der Waals surface area contributed by atoms with Crippen LogP contribution in [0.15, 0.2) is 16.9 Å². The molecule has 0 aromatic carbocycles. The molecule has 1 amide bonds. The number of carbonyl (C=O) groups excluding carboxylic acids is 1. The Balaban J connectivity index is 0.00000225. The fourth-order valence-corrected chi connectivity index (χ4v) is 3.45. The summed E-state index contributed by atoms with van der Waals surface area (Å²) in [6, 6.07) is -0.526. The number of piperidine rings is 1. The number of pyridine rings is 1. The number of halogens is 3. The van der Waals surface area contributed by atoms with Gasteiger partial charge in [0.1, 0.15) is 11.8 Å². The second kappa shape index (κ2) is 7.88. The third-order valence-corrected chi connectivity index (χ3v) is 4.88. The fraction of sp³-hybridized carbons (Fsp3) is 0.500. The highest BCUT2D eigenvalue weighted by Crippen LogP contribution is 2.39. The quantitative estimate of drug-likeness (QED) is 0.692. The van der Waals surface area contributed by atoms with Crippen LogP contribution in [0.5, 0.6) is 0 Å². The Morgan fingerprint density at radius 1 is 1.56 bits per heavy atom. The lowest BCUT2D eigenvalue weighted by Gasteiger charge is -2.35. The van der Waals surface area contributed by atoms with Gasteiger partial charge in [-0.05, 0) is 22.4 Å². The molecule has 2 atom stereocenters. The topological polar surface area (TPSA) is 87.0 Å². The van der Waals surface area contributed by atoms with E-state index in [1.54, 1.807) is 12.4 Å². The molecule has 138 valence electrons. The molecular weight excluding hydrogens is 413 g/mol. The number of nitrogens with one attached hydrogen (secondary N) is 2. The SMILES string of the molecule is CC(C)C(=O)Nc1c[nH]c2ncc(Br)c(N3CC[C@H](F)[C@@H](N)C3)c12.Cl. The molecule has 0 aliphatic carbocycles. The minimum Gasteiger partial charge on any atom is -0.368 e. The smallest absolute Gasteiger partial charge is 0.226 e. The zero-order valence-corrected chi connectivity index (χ0v) is 16.5.